The van der Waals surface area contributed by atoms with Crippen LogP contribution in [0.3, 0.4) is 0 Å². The molecule has 0 spiro atoms. The van der Waals surface area contributed by atoms with Crippen LogP contribution in [-0.2, 0) is 4.74 Å². The fourth-order valence-corrected chi connectivity index (χ4v) is 4.01. The first-order chi connectivity index (χ1) is 11.8. The minimum atomic E-state index is 0.640. The average molecular weight is 337 g/mol. The van der Waals surface area contributed by atoms with Gasteiger partial charge in [0.1, 0.15) is 0 Å². The molecule has 0 N–H and O–H groups in total. The Morgan fingerprint density at radius 1 is 0.750 bits per heavy atom. The number of unbranched alkanes of at least 4 members (excludes halogenated alkanes) is 9. The Kier molecular flexibility index (Phi) is 13.4. The summed E-state index contributed by atoms with van der Waals surface area (Å²) in [4.78, 5) is 0. The summed E-state index contributed by atoms with van der Waals surface area (Å²) in [6.45, 7) is 9.64. The largest absolute Gasteiger partial charge is 0.498 e. The lowest BCUT2D eigenvalue weighted by atomic mass is 9.79. The zero-order valence-corrected chi connectivity index (χ0v) is 16.8. The predicted molar refractivity (Wildman–Crippen MR) is 107 cm³/mol. The maximum atomic E-state index is 5.91. The number of ether oxygens (including phenoxy) is 1. The molecule has 1 fully saturated rings. The van der Waals surface area contributed by atoms with Crippen molar-refractivity contribution in [1.82, 2.24) is 0 Å². The van der Waals surface area contributed by atoms with Gasteiger partial charge in [-0.05, 0) is 38.0 Å². The van der Waals surface area contributed by atoms with E-state index in [1.807, 2.05) is 0 Å². The molecule has 0 radical (unpaired) electrons. The van der Waals surface area contributed by atoms with Crippen molar-refractivity contribution >= 4 is 0 Å². The van der Waals surface area contributed by atoms with E-state index in [-0.39, 0.29) is 0 Å². The van der Waals surface area contributed by atoms with Gasteiger partial charge in [0.05, 0.1) is 12.4 Å². The quantitative estimate of drug-likeness (QED) is 0.217. The number of rotatable bonds is 15. The smallest absolute Gasteiger partial charge is 0.0918 e. The molecular weight excluding hydrogens is 292 g/mol. The second-order valence-electron chi connectivity index (χ2n) is 8.00. The molecule has 0 bridgehead atoms. The Bertz CT molecular complexity index is 288. The van der Waals surface area contributed by atoms with Crippen LogP contribution in [0.5, 0.6) is 0 Å². The van der Waals surface area contributed by atoms with Gasteiger partial charge in [-0.1, -0.05) is 91.1 Å². The Labute approximate surface area is 152 Å². The van der Waals surface area contributed by atoms with Crippen molar-refractivity contribution in [3.63, 3.8) is 0 Å². The number of hydrogen-bond acceptors (Lipinski definition) is 1. The van der Waals surface area contributed by atoms with Crippen molar-refractivity contribution in [2.45, 2.75) is 117 Å². The first-order valence-electron chi connectivity index (χ1n) is 11.1. The number of hydrogen-bond donors (Lipinski definition) is 0. The van der Waals surface area contributed by atoms with E-state index in [0.717, 1.165) is 18.3 Å². The maximum Gasteiger partial charge on any atom is 0.0918 e. The van der Waals surface area contributed by atoms with Crippen LogP contribution >= 0.6 is 0 Å². The second kappa shape index (κ2) is 14.8. The van der Waals surface area contributed by atoms with Crippen LogP contribution in [-0.4, -0.2) is 6.61 Å². The molecule has 1 nitrogen and oxygen atoms in total. The highest BCUT2D eigenvalue weighted by molar-refractivity contribution is 4.93. The van der Waals surface area contributed by atoms with E-state index in [1.165, 1.54) is 103 Å². The summed E-state index contributed by atoms with van der Waals surface area (Å²) in [5, 5.41) is 0. The molecule has 0 aromatic heterocycles. The van der Waals surface area contributed by atoms with Gasteiger partial charge in [0.2, 0.25) is 0 Å². The Morgan fingerprint density at radius 2 is 1.29 bits per heavy atom. The van der Waals surface area contributed by atoms with Gasteiger partial charge in [0, 0.05) is 5.92 Å². The molecule has 1 aliphatic rings. The van der Waals surface area contributed by atoms with Gasteiger partial charge in [-0.25, -0.2) is 0 Å². The van der Waals surface area contributed by atoms with Crippen molar-refractivity contribution in [3.05, 3.63) is 12.3 Å². The summed E-state index contributed by atoms with van der Waals surface area (Å²) in [6.07, 6.45) is 22.1. The van der Waals surface area contributed by atoms with E-state index in [4.69, 9.17) is 4.74 Å². The summed E-state index contributed by atoms with van der Waals surface area (Å²) in [5.74, 6) is 2.71. The van der Waals surface area contributed by atoms with E-state index in [9.17, 15) is 0 Å². The van der Waals surface area contributed by atoms with Crippen LogP contribution in [0.4, 0.5) is 0 Å². The molecule has 0 saturated heterocycles. The Hall–Kier alpha value is -0.460. The third kappa shape index (κ3) is 10.4. The highest BCUT2D eigenvalue weighted by atomic mass is 16.5. The van der Waals surface area contributed by atoms with Gasteiger partial charge in [-0.2, -0.15) is 0 Å². The van der Waals surface area contributed by atoms with Crippen molar-refractivity contribution in [3.8, 4) is 0 Å². The van der Waals surface area contributed by atoms with Crippen LogP contribution in [0.25, 0.3) is 0 Å². The predicted octanol–water partition coefficient (Wildman–Crippen LogP) is 8.04. The van der Waals surface area contributed by atoms with Crippen molar-refractivity contribution in [2.24, 2.45) is 11.8 Å². The monoisotopic (exact) mass is 336 g/mol. The number of allylic oxidation sites excluding steroid dienone is 1. The third-order valence-electron chi connectivity index (χ3n) is 5.80. The van der Waals surface area contributed by atoms with E-state index in [1.54, 1.807) is 0 Å². The molecule has 1 aliphatic carbocycles. The van der Waals surface area contributed by atoms with Crippen molar-refractivity contribution in [2.75, 3.05) is 6.61 Å². The average Bonchev–Trinajstić information content (AvgIpc) is 2.61. The fourth-order valence-electron chi connectivity index (χ4n) is 4.01. The Balaban J connectivity index is 1.98. The molecule has 1 heteroatoms. The van der Waals surface area contributed by atoms with Crippen molar-refractivity contribution < 1.29 is 4.74 Å². The van der Waals surface area contributed by atoms with Crippen LogP contribution in [0.2, 0.25) is 0 Å². The molecule has 142 valence electrons. The van der Waals surface area contributed by atoms with Gasteiger partial charge in [-0.15, -0.1) is 0 Å². The summed E-state index contributed by atoms with van der Waals surface area (Å²) in [5.41, 5.74) is 0. The SMILES string of the molecule is C=C(OCCCCCC)C1CCC(CCCCCCCCC)CC1. The molecule has 1 saturated carbocycles. The van der Waals surface area contributed by atoms with Crippen LogP contribution in [0, 0.1) is 11.8 Å². The van der Waals surface area contributed by atoms with E-state index >= 15 is 0 Å². The summed E-state index contributed by atoms with van der Waals surface area (Å²) >= 11 is 0. The lowest BCUT2D eigenvalue weighted by molar-refractivity contribution is 0.145. The highest BCUT2D eigenvalue weighted by Crippen LogP contribution is 2.35. The summed E-state index contributed by atoms with van der Waals surface area (Å²) in [6, 6.07) is 0. The topological polar surface area (TPSA) is 9.23 Å². The first kappa shape index (κ1) is 21.6. The maximum absolute atomic E-state index is 5.91. The molecule has 0 unspecified atom stereocenters. The van der Waals surface area contributed by atoms with Crippen molar-refractivity contribution in [1.29, 1.82) is 0 Å². The third-order valence-corrected chi connectivity index (χ3v) is 5.80. The summed E-state index contributed by atoms with van der Waals surface area (Å²) < 4.78 is 5.91. The molecule has 0 aromatic carbocycles. The van der Waals surface area contributed by atoms with Gasteiger partial charge >= 0.3 is 0 Å². The van der Waals surface area contributed by atoms with Gasteiger partial charge in [0.15, 0.2) is 0 Å². The lowest BCUT2D eigenvalue weighted by Crippen LogP contribution is -2.17. The van der Waals surface area contributed by atoms with E-state index in [0.29, 0.717) is 5.92 Å². The Morgan fingerprint density at radius 3 is 1.92 bits per heavy atom. The minimum Gasteiger partial charge on any atom is -0.498 e. The van der Waals surface area contributed by atoms with Gasteiger partial charge in [0.25, 0.3) is 0 Å². The molecule has 0 amide bonds. The summed E-state index contributed by atoms with van der Waals surface area (Å²) in [7, 11) is 0. The van der Waals surface area contributed by atoms with E-state index < -0.39 is 0 Å². The standard InChI is InChI=1S/C23H44O/c1-4-6-8-10-11-12-13-15-22-16-18-23(19-17-22)21(3)24-20-14-9-7-5-2/h22-23H,3-20H2,1-2H3. The van der Waals surface area contributed by atoms with Crippen LogP contribution in [0.1, 0.15) is 117 Å². The van der Waals surface area contributed by atoms with Crippen LogP contribution in [0.15, 0.2) is 12.3 Å². The highest BCUT2D eigenvalue weighted by Gasteiger charge is 2.23. The molecule has 24 heavy (non-hydrogen) atoms. The normalized spacial score (nSPS) is 20.9. The zero-order chi connectivity index (χ0) is 17.5. The van der Waals surface area contributed by atoms with Crippen LogP contribution < -0.4 is 0 Å². The lowest BCUT2D eigenvalue weighted by Gasteiger charge is -2.29. The molecule has 0 atom stereocenters. The first-order valence-corrected chi connectivity index (χ1v) is 11.1. The molecule has 0 aromatic rings. The van der Waals surface area contributed by atoms with E-state index in [2.05, 4.69) is 20.4 Å². The molecule has 0 heterocycles. The molecule has 1 rings (SSSR count). The second-order valence-corrected chi connectivity index (χ2v) is 8.00. The molecule has 0 aliphatic heterocycles. The fraction of sp³-hybridized carbons (Fsp3) is 0.913. The van der Waals surface area contributed by atoms with Gasteiger partial charge < -0.3 is 4.74 Å². The zero-order valence-electron chi connectivity index (χ0n) is 16.8. The molecular formula is C23H44O. The minimum absolute atomic E-state index is 0.640. The van der Waals surface area contributed by atoms with Gasteiger partial charge in [-0.3, -0.25) is 0 Å².